The van der Waals surface area contributed by atoms with E-state index in [1.165, 1.54) is 6.08 Å². The van der Waals surface area contributed by atoms with E-state index in [4.69, 9.17) is 28.6 Å². The molecule has 3 rings (SSSR count). The number of hydrogen-bond acceptors (Lipinski definition) is 4. The molecule has 0 radical (unpaired) electrons. The van der Waals surface area contributed by atoms with E-state index >= 15 is 0 Å². The number of aromatic amines is 1. The van der Waals surface area contributed by atoms with Crippen LogP contribution in [0, 0.1) is 4.77 Å². The summed E-state index contributed by atoms with van der Waals surface area (Å²) in [5, 5.41) is 10.4. The summed E-state index contributed by atoms with van der Waals surface area (Å²) in [5.41, 5.74) is 1.79. The number of benzene rings is 1. The van der Waals surface area contributed by atoms with Crippen LogP contribution >= 0.6 is 23.8 Å². The number of ether oxygens (including phenoxy) is 1. The monoisotopic (exact) mass is 390 g/mol. The van der Waals surface area contributed by atoms with Crippen LogP contribution in [0.25, 0.3) is 6.08 Å². The number of nitrogens with zero attached hydrogens (tertiary/aromatic N) is 2. The molecule has 0 saturated carbocycles. The molecule has 2 heterocycles. The molecule has 0 aliphatic carbocycles. The lowest BCUT2D eigenvalue weighted by Gasteiger charge is -2.16. The molecular weight excluding hydrogens is 372 g/mol. The van der Waals surface area contributed by atoms with Gasteiger partial charge in [-0.1, -0.05) is 17.7 Å². The predicted octanol–water partition coefficient (Wildman–Crippen LogP) is 3.82. The highest BCUT2D eigenvalue weighted by Gasteiger charge is 2.11. The number of amides is 1. The van der Waals surface area contributed by atoms with Crippen LogP contribution in [0.5, 0.6) is 5.75 Å². The van der Waals surface area contributed by atoms with Crippen LogP contribution in [0.15, 0.2) is 35.9 Å². The molecule has 0 spiro atoms. The number of H-pyrrole nitrogens is 1. The lowest BCUT2D eigenvalue weighted by molar-refractivity contribution is -0.116. The van der Waals surface area contributed by atoms with Gasteiger partial charge in [-0.2, -0.15) is 5.10 Å². The normalized spacial score (nSPS) is 13.5. The SMILES string of the molecule is CC(C)n1c(CNC(=O)/C=C/C2=Cc3cc(Cl)ccc3OC2)n[nH]c1=S. The van der Waals surface area contributed by atoms with E-state index in [0.717, 1.165) is 16.9 Å². The first-order valence-electron chi connectivity index (χ1n) is 8.18. The van der Waals surface area contributed by atoms with E-state index in [-0.39, 0.29) is 11.9 Å². The van der Waals surface area contributed by atoms with E-state index in [2.05, 4.69) is 15.5 Å². The van der Waals surface area contributed by atoms with E-state index < -0.39 is 0 Å². The second kappa shape index (κ2) is 7.88. The van der Waals surface area contributed by atoms with Crippen LogP contribution in [0.3, 0.4) is 0 Å². The highest BCUT2D eigenvalue weighted by atomic mass is 35.5. The average molecular weight is 391 g/mol. The van der Waals surface area contributed by atoms with Crippen molar-refractivity contribution in [3.63, 3.8) is 0 Å². The zero-order valence-corrected chi connectivity index (χ0v) is 16.0. The maximum atomic E-state index is 12.1. The first-order chi connectivity index (χ1) is 12.4. The number of rotatable bonds is 5. The number of carbonyl (C=O) groups is 1. The fraction of sp³-hybridized carbons (Fsp3) is 0.278. The van der Waals surface area contributed by atoms with Gasteiger partial charge in [0.05, 0.1) is 6.54 Å². The lowest BCUT2D eigenvalue weighted by Crippen LogP contribution is -2.23. The molecule has 1 aromatic heterocycles. The molecule has 2 N–H and O–H groups in total. The van der Waals surface area contributed by atoms with Crippen molar-refractivity contribution in [3.05, 3.63) is 57.1 Å². The van der Waals surface area contributed by atoms with Crippen LogP contribution in [-0.4, -0.2) is 27.3 Å². The fourth-order valence-electron chi connectivity index (χ4n) is 2.66. The third kappa shape index (κ3) is 4.23. The standard InChI is InChI=1S/C18H19ClN4O2S/c1-11(2)23-16(21-22-18(23)26)9-20-17(24)6-3-12-7-13-8-14(19)4-5-15(13)25-10-12/h3-8,11H,9-10H2,1-2H3,(H,20,24)(H,22,26)/b6-3+. The Morgan fingerprint density at radius 2 is 2.35 bits per heavy atom. The van der Waals surface area contributed by atoms with Gasteiger partial charge < -0.3 is 14.6 Å². The average Bonchev–Trinajstić information content (AvgIpc) is 2.98. The van der Waals surface area contributed by atoms with Crippen molar-refractivity contribution < 1.29 is 9.53 Å². The molecule has 2 aromatic rings. The third-order valence-electron chi connectivity index (χ3n) is 3.87. The molecule has 136 valence electrons. The summed E-state index contributed by atoms with van der Waals surface area (Å²) in [5.74, 6) is 1.26. The summed E-state index contributed by atoms with van der Waals surface area (Å²) >= 11 is 11.2. The third-order valence-corrected chi connectivity index (χ3v) is 4.39. The van der Waals surface area contributed by atoms with E-state index in [1.54, 1.807) is 12.1 Å². The predicted molar refractivity (Wildman–Crippen MR) is 104 cm³/mol. The Balaban J connectivity index is 1.63. The smallest absolute Gasteiger partial charge is 0.244 e. The Morgan fingerprint density at radius 3 is 3.12 bits per heavy atom. The van der Waals surface area contributed by atoms with Crippen molar-refractivity contribution in [2.24, 2.45) is 0 Å². The second-order valence-corrected chi connectivity index (χ2v) is 6.97. The molecule has 6 nitrogen and oxygen atoms in total. The van der Waals surface area contributed by atoms with E-state index in [1.807, 2.05) is 36.6 Å². The summed E-state index contributed by atoms with van der Waals surface area (Å²) in [6.07, 6.45) is 5.17. The highest BCUT2D eigenvalue weighted by Crippen LogP contribution is 2.29. The van der Waals surface area contributed by atoms with Gasteiger partial charge in [0.1, 0.15) is 12.4 Å². The Bertz CT molecular complexity index is 943. The fourth-order valence-corrected chi connectivity index (χ4v) is 3.21. The first-order valence-corrected chi connectivity index (χ1v) is 8.97. The van der Waals surface area contributed by atoms with Crippen molar-refractivity contribution in [3.8, 4) is 5.75 Å². The molecule has 1 aromatic carbocycles. The van der Waals surface area contributed by atoms with Crippen LogP contribution in [0.4, 0.5) is 0 Å². The van der Waals surface area contributed by atoms with Crippen molar-refractivity contribution in [2.75, 3.05) is 6.61 Å². The number of aromatic nitrogens is 3. The molecule has 1 aliphatic heterocycles. The van der Waals surface area contributed by atoms with Gasteiger partial charge in [0.15, 0.2) is 10.6 Å². The van der Waals surface area contributed by atoms with Gasteiger partial charge in [-0.15, -0.1) is 0 Å². The van der Waals surface area contributed by atoms with Crippen molar-refractivity contribution in [2.45, 2.75) is 26.4 Å². The minimum absolute atomic E-state index is 0.167. The van der Waals surface area contributed by atoms with Crippen molar-refractivity contribution >= 4 is 35.8 Å². The summed E-state index contributed by atoms with van der Waals surface area (Å²) in [7, 11) is 0. The van der Waals surface area contributed by atoms with Gasteiger partial charge in [-0.05, 0) is 55.9 Å². The summed E-state index contributed by atoms with van der Waals surface area (Å²) in [4.78, 5) is 12.1. The minimum Gasteiger partial charge on any atom is -0.488 e. The molecule has 8 heteroatoms. The maximum absolute atomic E-state index is 12.1. The number of fused-ring (bicyclic) bond motifs is 1. The van der Waals surface area contributed by atoms with Gasteiger partial charge in [0.25, 0.3) is 0 Å². The molecule has 0 bridgehead atoms. The molecule has 0 atom stereocenters. The number of carbonyl (C=O) groups excluding carboxylic acids is 1. The molecule has 0 unspecified atom stereocenters. The molecule has 1 aliphatic rings. The second-order valence-electron chi connectivity index (χ2n) is 6.15. The number of nitrogens with one attached hydrogen (secondary N) is 2. The minimum atomic E-state index is -0.216. The number of hydrogen-bond donors (Lipinski definition) is 2. The number of halogens is 1. The van der Waals surface area contributed by atoms with E-state index in [9.17, 15) is 4.79 Å². The highest BCUT2D eigenvalue weighted by molar-refractivity contribution is 7.71. The molecule has 26 heavy (non-hydrogen) atoms. The zero-order chi connectivity index (χ0) is 18.7. The summed E-state index contributed by atoms with van der Waals surface area (Å²) in [6.45, 7) is 4.72. The Kier molecular flexibility index (Phi) is 5.58. The van der Waals surface area contributed by atoms with Crippen LogP contribution in [-0.2, 0) is 11.3 Å². The summed E-state index contributed by atoms with van der Waals surface area (Å²) < 4.78 is 8.07. The van der Waals surface area contributed by atoms with Crippen molar-refractivity contribution in [1.29, 1.82) is 0 Å². The summed E-state index contributed by atoms with van der Waals surface area (Å²) in [6, 6.07) is 5.62. The largest absolute Gasteiger partial charge is 0.488 e. The Labute approximate surface area is 161 Å². The quantitative estimate of drug-likeness (QED) is 0.601. The molecular formula is C18H19ClN4O2S. The topological polar surface area (TPSA) is 71.9 Å². The molecule has 0 saturated heterocycles. The first kappa shape index (κ1) is 18.4. The van der Waals surface area contributed by atoms with Gasteiger partial charge in [-0.3, -0.25) is 9.89 Å². The van der Waals surface area contributed by atoms with Crippen LogP contribution in [0.1, 0.15) is 31.3 Å². The Hall–Kier alpha value is -2.38. The lowest BCUT2D eigenvalue weighted by atomic mass is 10.1. The van der Waals surface area contributed by atoms with E-state index in [0.29, 0.717) is 28.8 Å². The van der Waals surface area contributed by atoms with Crippen LogP contribution in [0.2, 0.25) is 5.02 Å². The molecule has 0 fully saturated rings. The molecule has 1 amide bonds. The van der Waals surface area contributed by atoms with Gasteiger partial charge in [0.2, 0.25) is 5.91 Å². The van der Waals surface area contributed by atoms with Gasteiger partial charge in [-0.25, -0.2) is 0 Å². The van der Waals surface area contributed by atoms with Gasteiger partial charge in [0, 0.05) is 22.7 Å². The Morgan fingerprint density at radius 1 is 1.54 bits per heavy atom. The zero-order valence-electron chi connectivity index (χ0n) is 14.5. The van der Waals surface area contributed by atoms with Crippen LogP contribution < -0.4 is 10.1 Å². The van der Waals surface area contributed by atoms with Gasteiger partial charge >= 0.3 is 0 Å². The maximum Gasteiger partial charge on any atom is 0.244 e. The van der Waals surface area contributed by atoms with Crippen molar-refractivity contribution in [1.82, 2.24) is 20.1 Å².